The van der Waals surface area contributed by atoms with Crippen molar-refractivity contribution in [2.45, 2.75) is 91.9 Å². The maximum atomic E-state index is 9.00. The first-order valence-corrected chi connectivity index (χ1v) is 7.77. The maximum Gasteiger partial charge on any atom is 0.300 e. The third kappa shape index (κ3) is 68.3. The zero-order valence-electron chi connectivity index (χ0n) is 13.8. The van der Waals surface area contributed by atoms with E-state index in [2.05, 4.69) is 13.8 Å². The van der Waals surface area contributed by atoms with E-state index in [-0.39, 0.29) is 0 Å². The van der Waals surface area contributed by atoms with Crippen LogP contribution in [0.1, 0.15) is 91.9 Å². The SMILES string of the molecule is CC(=O)O.CC(=O)O.CCCCCCCCCCCC. The maximum absolute atomic E-state index is 9.00. The Balaban J connectivity index is -0.000000297. The number of carbonyl (C=O) groups is 2. The van der Waals surface area contributed by atoms with Crippen LogP contribution >= 0.6 is 0 Å². The van der Waals surface area contributed by atoms with Crippen LogP contribution in [0.15, 0.2) is 0 Å². The minimum atomic E-state index is -0.833. The summed E-state index contributed by atoms with van der Waals surface area (Å²) in [5.41, 5.74) is 0. The molecule has 0 unspecified atom stereocenters. The fraction of sp³-hybridized carbons (Fsp3) is 0.875. The monoisotopic (exact) mass is 290 g/mol. The second kappa shape index (κ2) is 23.1. The number of rotatable bonds is 9. The van der Waals surface area contributed by atoms with Gasteiger partial charge in [-0.1, -0.05) is 78.1 Å². The quantitative estimate of drug-likeness (QED) is 0.579. The Kier molecular flexibility index (Phi) is 27.7. The van der Waals surface area contributed by atoms with E-state index in [4.69, 9.17) is 19.8 Å². The van der Waals surface area contributed by atoms with Crippen molar-refractivity contribution >= 4 is 11.9 Å². The molecule has 122 valence electrons. The predicted octanol–water partition coefficient (Wildman–Crippen LogP) is 5.11. The number of carboxylic acids is 2. The van der Waals surface area contributed by atoms with E-state index < -0.39 is 11.9 Å². The molecule has 0 aromatic rings. The Hall–Kier alpha value is -1.06. The lowest BCUT2D eigenvalue weighted by atomic mass is 10.1. The third-order valence-electron chi connectivity index (χ3n) is 2.46. The van der Waals surface area contributed by atoms with Crippen molar-refractivity contribution in [3.63, 3.8) is 0 Å². The van der Waals surface area contributed by atoms with Crippen LogP contribution in [-0.4, -0.2) is 22.2 Å². The lowest BCUT2D eigenvalue weighted by Crippen LogP contribution is -1.80. The van der Waals surface area contributed by atoms with Crippen molar-refractivity contribution < 1.29 is 19.8 Å². The number of hydrogen-bond donors (Lipinski definition) is 2. The van der Waals surface area contributed by atoms with Gasteiger partial charge in [-0.15, -0.1) is 0 Å². The molecule has 0 fully saturated rings. The summed E-state index contributed by atoms with van der Waals surface area (Å²) in [5, 5.41) is 14.8. The molecule has 0 amide bonds. The summed E-state index contributed by atoms with van der Waals surface area (Å²) < 4.78 is 0. The molecule has 0 aliphatic heterocycles. The van der Waals surface area contributed by atoms with Crippen LogP contribution in [0.5, 0.6) is 0 Å². The Morgan fingerprint density at radius 2 is 0.750 bits per heavy atom. The molecule has 0 bridgehead atoms. The molecular weight excluding hydrogens is 256 g/mol. The molecule has 2 N–H and O–H groups in total. The van der Waals surface area contributed by atoms with Gasteiger partial charge in [0.25, 0.3) is 11.9 Å². The zero-order valence-corrected chi connectivity index (χ0v) is 13.8. The van der Waals surface area contributed by atoms with E-state index in [0.717, 1.165) is 13.8 Å². The Morgan fingerprint density at radius 3 is 0.900 bits per heavy atom. The second-order valence-electron chi connectivity index (χ2n) is 4.87. The van der Waals surface area contributed by atoms with Crippen molar-refractivity contribution in [2.24, 2.45) is 0 Å². The first-order chi connectivity index (χ1) is 9.38. The molecular formula is C16H34O4. The second-order valence-corrected chi connectivity index (χ2v) is 4.87. The summed E-state index contributed by atoms with van der Waals surface area (Å²) in [5.74, 6) is -1.67. The van der Waals surface area contributed by atoms with Gasteiger partial charge in [0.2, 0.25) is 0 Å². The summed E-state index contributed by atoms with van der Waals surface area (Å²) in [7, 11) is 0. The first kappa shape index (κ1) is 24.0. The van der Waals surface area contributed by atoms with Gasteiger partial charge in [-0.3, -0.25) is 9.59 Å². The van der Waals surface area contributed by atoms with Crippen LogP contribution in [0, 0.1) is 0 Å². The van der Waals surface area contributed by atoms with Crippen molar-refractivity contribution in [2.75, 3.05) is 0 Å². The van der Waals surface area contributed by atoms with Crippen molar-refractivity contribution in [3.05, 3.63) is 0 Å². The fourth-order valence-electron chi connectivity index (χ4n) is 1.56. The number of unbranched alkanes of at least 4 members (excludes halogenated alkanes) is 9. The highest BCUT2D eigenvalue weighted by Crippen LogP contribution is 2.09. The predicted molar refractivity (Wildman–Crippen MR) is 84.1 cm³/mol. The molecule has 0 saturated heterocycles. The summed E-state index contributed by atoms with van der Waals surface area (Å²) in [6.07, 6.45) is 14.4. The Morgan fingerprint density at radius 1 is 0.600 bits per heavy atom. The van der Waals surface area contributed by atoms with Crippen molar-refractivity contribution in [1.29, 1.82) is 0 Å². The Bertz CT molecular complexity index is 173. The molecule has 4 heteroatoms. The van der Waals surface area contributed by atoms with Gasteiger partial charge in [0.05, 0.1) is 0 Å². The molecule has 4 nitrogen and oxygen atoms in total. The first-order valence-electron chi connectivity index (χ1n) is 7.77. The van der Waals surface area contributed by atoms with Gasteiger partial charge in [-0.05, 0) is 0 Å². The molecule has 0 atom stereocenters. The summed E-state index contributed by atoms with van der Waals surface area (Å²) in [4.78, 5) is 18.0. The number of carboxylic acid groups (broad SMARTS) is 2. The highest BCUT2D eigenvalue weighted by Gasteiger charge is 1.90. The van der Waals surface area contributed by atoms with Gasteiger partial charge < -0.3 is 10.2 Å². The average molecular weight is 290 g/mol. The van der Waals surface area contributed by atoms with Crippen LogP contribution in [0.4, 0.5) is 0 Å². The third-order valence-corrected chi connectivity index (χ3v) is 2.46. The highest BCUT2D eigenvalue weighted by atomic mass is 16.4. The zero-order chi connectivity index (χ0) is 16.2. The van der Waals surface area contributed by atoms with Crippen LogP contribution in [-0.2, 0) is 9.59 Å². The smallest absolute Gasteiger partial charge is 0.300 e. The lowest BCUT2D eigenvalue weighted by molar-refractivity contribution is -0.135. The molecule has 0 aliphatic rings. The fourth-order valence-corrected chi connectivity index (χ4v) is 1.56. The van der Waals surface area contributed by atoms with E-state index in [1.54, 1.807) is 0 Å². The van der Waals surface area contributed by atoms with Crippen LogP contribution < -0.4 is 0 Å². The van der Waals surface area contributed by atoms with Gasteiger partial charge in [0, 0.05) is 13.8 Å². The van der Waals surface area contributed by atoms with E-state index >= 15 is 0 Å². The topological polar surface area (TPSA) is 74.6 Å². The molecule has 0 aromatic carbocycles. The van der Waals surface area contributed by atoms with Gasteiger partial charge in [-0.25, -0.2) is 0 Å². The molecule has 0 saturated carbocycles. The largest absolute Gasteiger partial charge is 0.481 e. The van der Waals surface area contributed by atoms with Gasteiger partial charge in [0.1, 0.15) is 0 Å². The standard InChI is InChI=1S/C12H26.2C2H4O2/c1-3-5-7-9-11-12-10-8-6-4-2;2*1-2(3)4/h3-12H2,1-2H3;2*1H3,(H,3,4). The molecule has 0 aliphatic carbocycles. The van der Waals surface area contributed by atoms with Gasteiger partial charge in [-0.2, -0.15) is 0 Å². The normalized spacial score (nSPS) is 8.80. The van der Waals surface area contributed by atoms with Crippen molar-refractivity contribution in [1.82, 2.24) is 0 Å². The molecule has 0 aromatic heterocycles. The molecule has 0 rings (SSSR count). The highest BCUT2D eigenvalue weighted by molar-refractivity contribution is 5.63. The minimum absolute atomic E-state index is 0.833. The summed E-state index contributed by atoms with van der Waals surface area (Å²) in [6.45, 7) is 6.72. The molecule has 0 radical (unpaired) electrons. The van der Waals surface area contributed by atoms with Gasteiger partial charge in [0.15, 0.2) is 0 Å². The van der Waals surface area contributed by atoms with E-state index in [9.17, 15) is 0 Å². The Labute approximate surface area is 124 Å². The van der Waals surface area contributed by atoms with Crippen molar-refractivity contribution in [3.8, 4) is 0 Å². The molecule has 0 spiro atoms. The van der Waals surface area contributed by atoms with E-state index in [1.807, 2.05) is 0 Å². The molecule has 20 heavy (non-hydrogen) atoms. The lowest BCUT2D eigenvalue weighted by Gasteiger charge is -1.99. The van der Waals surface area contributed by atoms with Crippen LogP contribution in [0.3, 0.4) is 0 Å². The number of hydrogen-bond acceptors (Lipinski definition) is 2. The summed E-state index contributed by atoms with van der Waals surface area (Å²) in [6, 6.07) is 0. The van der Waals surface area contributed by atoms with Crippen LogP contribution in [0.2, 0.25) is 0 Å². The minimum Gasteiger partial charge on any atom is -0.481 e. The van der Waals surface area contributed by atoms with E-state index in [0.29, 0.717) is 0 Å². The van der Waals surface area contributed by atoms with E-state index in [1.165, 1.54) is 64.2 Å². The molecule has 0 heterocycles. The average Bonchev–Trinajstić information content (AvgIpc) is 2.31. The number of aliphatic carboxylic acids is 2. The van der Waals surface area contributed by atoms with Gasteiger partial charge >= 0.3 is 0 Å². The summed E-state index contributed by atoms with van der Waals surface area (Å²) >= 11 is 0. The van der Waals surface area contributed by atoms with Crippen LogP contribution in [0.25, 0.3) is 0 Å².